The van der Waals surface area contributed by atoms with E-state index in [4.69, 9.17) is 0 Å². The molecule has 1 N–H and O–H groups in total. The molecule has 2 amide bonds. The van der Waals surface area contributed by atoms with E-state index in [1.165, 1.54) is 11.1 Å². The van der Waals surface area contributed by atoms with Crippen molar-refractivity contribution in [2.75, 3.05) is 11.9 Å². The standard InChI is InChI=1S/C22H26N2O2/c1-15-10-11-19(17(3)13-15)23-21(25)14-22(26)24-12-6-9-20(24)18-8-5-4-7-16(18)2/h4-5,7-8,10-11,13,20H,6,9,12,14H2,1-3H3,(H,23,25)/t20-/m0/s1. The third-order valence-electron chi connectivity index (χ3n) is 5.09. The number of likely N-dealkylation sites (tertiary alicyclic amines) is 1. The number of carbonyl (C=O) groups is 2. The molecule has 1 aliphatic rings. The lowest BCUT2D eigenvalue weighted by molar-refractivity contribution is -0.135. The summed E-state index contributed by atoms with van der Waals surface area (Å²) in [5.74, 6) is -0.351. The number of benzene rings is 2. The number of carbonyl (C=O) groups excluding carboxylic acids is 2. The largest absolute Gasteiger partial charge is 0.335 e. The monoisotopic (exact) mass is 350 g/mol. The molecule has 0 radical (unpaired) electrons. The van der Waals surface area contributed by atoms with Gasteiger partial charge in [0.05, 0.1) is 6.04 Å². The molecular weight excluding hydrogens is 324 g/mol. The van der Waals surface area contributed by atoms with Crippen molar-refractivity contribution in [3.8, 4) is 0 Å². The molecule has 1 saturated heterocycles. The molecule has 2 aromatic rings. The zero-order valence-corrected chi connectivity index (χ0v) is 15.7. The Hall–Kier alpha value is -2.62. The minimum absolute atomic E-state index is 0.0811. The second-order valence-corrected chi connectivity index (χ2v) is 7.15. The van der Waals surface area contributed by atoms with Crippen LogP contribution in [0.25, 0.3) is 0 Å². The van der Waals surface area contributed by atoms with Gasteiger partial charge < -0.3 is 10.2 Å². The smallest absolute Gasteiger partial charge is 0.233 e. The summed E-state index contributed by atoms with van der Waals surface area (Å²) in [5, 5.41) is 2.87. The molecule has 1 heterocycles. The van der Waals surface area contributed by atoms with Crippen LogP contribution in [-0.2, 0) is 9.59 Å². The van der Waals surface area contributed by atoms with Crippen molar-refractivity contribution in [2.45, 2.75) is 46.1 Å². The van der Waals surface area contributed by atoms with E-state index in [-0.39, 0.29) is 24.3 Å². The van der Waals surface area contributed by atoms with Gasteiger partial charge in [-0.05, 0) is 56.4 Å². The van der Waals surface area contributed by atoms with E-state index in [0.29, 0.717) is 6.54 Å². The van der Waals surface area contributed by atoms with Gasteiger partial charge in [-0.2, -0.15) is 0 Å². The van der Waals surface area contributed by atoms with Crippen LogP contribution in [0.4, 0.5) is 5.69 Å². The van der Waals surface area contributed by atoms with Gasteiger partial charge in [-0.15, -0.1) is 0 Å². The Morgan fingerprint density at radius 1 is 1.08 bits per heavy atom. The third-order valence-corrected chi connectivity index (χ3v) is 5.09. The number of anilines is 1. The zero-order valence-electron chi connectivity index (χ0n) is 15.7. The summed E-state index contributed by atoms with van der Waals surface area (Å²) in [7, 11) is 0. The molecule has 136 valence electrons. The maximum Gasteiger partial charge on any atom is 0.233 e. The number of aryl methyl sites for hydroxylation is 3. The first-order valence-electron chi connectivity index (χ1n) is 9.18. The third kappa shape index (κ3) is 3.96. The summed E-state index contributed by atoms with van der Waals surface area (Å²) in [6.45, 7) is 6.76. The van der Waals surface area contributed by atoms with Crippen molar-refractivity contribution in [1.29, 1.82) is 0 Å². The minimum atomic E-state index is -0.252. The Morgan fingerprint density at radius 2 is 1.85 bits per heavy atom. The molecule has 2 aromatic carbocycles. The Balaban J connectivity index is 1.67. The van der Waals surface area contributed by atoms with Crippen molar-refractivity contribution in [3.05, 3.63) is 64.7 Å². The van der Waals surface area contributed by atoms with E-state index < -0.39 is 0 Å². The fourth-order valence-electron chi connectivity index (χ4n) is 3.74. The van der Waals surface area contributed by atoms with E-state index in [1.54, 1.807) is 0 Å². The Morgan fingerprint density at radius 3 is 2.58 bits per heavy atom. The highest BCUT2D eigenvalue weighted by Gasteiger charge is 2.31. The van der Waals surface area contributed by atoms with Crippen LogP contribution in [0.2, 0.25) is 0 Å². The average molecular weight is 350 g/mol. The van der Waals surface area contributed by atoms with E-state index in [9.17, 15) is 9.59 Å². The van der Waals surface area contributed by atoms with Crippen LogP contribution >= 0.6 is 0 Å². The molecule has 4 nitrogen and oxygen atoms in total. The number of hydrogen-bond acceptors (Lipinski definition) is 2. The van der Waals surface area contributed by atoms with Gasteiger partial charge in [0.1, 0.15) is 6.42 Å². The Labute approximate surface area is 155 Å². The lowest BCUT2D eigenvalue weighted by Crippen LogP contribution is -2.33. The highest BCUT2D eigenvalue weighted by atomic mass is 16.2. The van der Waals surface area contributed by atoms with Crippen LogP contribution in [0.15, 0.2) is 42.5 Å². The number of amides is 2. The molecule has 4 heteroatoms. The first-order chi connectivity index (χ1) is 12.5. The first kappa shape index (κ1) is 18.2. The molecule has 1 fully saturated rings. The lowest BCUT2D eigenvalue weighted by atomic mass is 9.99. The van der Waals surface area contributed by atoms with Gasteiger partial charge in [-0.25, -0.2) is 0 Å². The molecule has 0 aromatic heterocycles. The molecule has 26 heavy (non-hydrogen) atoms. The van der Waals surface area contributed by atoms with Crippen LogP contribution in [0.3, 0.4) is 0 Å². The topological polar surface area (TPSA) is 49.4 Å². The zero-order chi connectivity index (χ0) is 18.7. The summed E-state index contributed by atoms with van der Waals surface area (Å²) in [6.07, 6.45) is 1.81. The van der Waals surface area contributed by atoms with E-state index in [0.717, 1.165) is 29.7 Å². The predicted octanol–water partition coefficient (Wildman–Crippen LogP) is 4.30. The molecule has 0 unspecified atom stereocenters. The van der Waals surface area contributed by atoms with Crippen molar-refractivity contribution in [1.82, 2.24) is 4.90 Å². The lowest BCUT2D eigenvalue weighted by Gasteiger charge is -2.26. The molecule has 1 atom stereocenters. The van der Waals surface area contributed by atoms with E-state index in [1.807, 2.05) is 49.1 Å². The first-order valence-corrected chi connectivity index (χ1v) is 9.18. The van der Waals surface area contributed by atoms with Gasteiger partial charge in [-0.3, -0.25) is 9.59 Å². The van der Waals surface area contributed by atoms with Gasteiger partial charge in [0.15, 0.2) is 0 Å². The average Bonchev–Trinajstić information content (AvgIpc) is 3.07. The van der Waals surface area contributed by atoms with E-state index in [2.05, 4.69) is 24.4 Å². The van der Waals surface area contributed by atoms with Crippen molar-refractivity contribution in [3.63, 3.8) is 0 Å². The minimum Gasteiger partial charge on any atom is -0.335 e. The van der Waals surface area contributed by atoms with Gasteiger partial charge in [0.2, 0.25) is 11.8 Å². The van der Waals surface area contributed by atoms with Crippen LogP contribution in [0.1, 0.15) is 47.6 Å². The van der Waals surface area contributed by atoms with Crippen LogP contribution in [0.5, 0.6) is 0 Å². The SMILES string of the molecule is Cc1ccc(NC(=O)CC(=O)N2CCC[C@H]2c2ccccc2C)c(C)c1. The van der Waals surface area contributed by atoms with Crippen molar-refractivity contribution >= 4 is 17.5 Å². The number of nitrogens with one attached hydrogen (secondary N) is 1. The summed E-state index contributed by atoms with van der Waals surface area (Å²) >= 11 is 0. The molecule has 0 aliphatic carbocycles. The Bertz CT molecular complexity index is 829. The fourth-order valence-corrected chi connectivity index (χ4v) is 3.74. The highest BCUT2D eigenvalue weighted by molar-refractivity contribution is 6.04. The van der Waals surface area contributed by atoms with Crippen molar-refractivity contribution in [2.24, 2.45) is 0 Å². The van der Waals surface area contributed by atoms with Gasteiger partial charge in [-0.1, -0.05) is 42.0 Å². The summed E-state index contributed by atoms with van der Waals surface area (Å²) in [4.78, 5) is 27.0. The summed E-state index contributed by atoms with van der Waals surface area (Å²) in [5.41, 5.74) is 5.30. The normalized spacial score (nSPS) is 16.6. The quantitative estimate of drug-likeness (QED) is 0.836. The molecule has 1 aliphatic heterocycles. The van der Waals surface area contributed by atoms with Gasteiger partial charge in [0, 0.05) is 12.2 Å². The van der Waals surface area contributed by atoms with Gasteiger partial charge in [0.25, 0.3) is 0 Å². The number of nitrogens with zero attached hydrogens (tertiary/aromatic N) is 1. The molecule has 0 saturated carbocycles. The second kappa shape index (κ2) is 7.73. The second-order valence-electron chi connectivity index (χ2n) is 7.15. The Kier molecular flexibility index (Phi) is 5.40. The number of rotatable bonds is 4. The van der Waals surface area contributed by atoms with Crippen LogP contribution in [0, 0.1) is 20.8 Å². The van der Waals surface area contributed by atoms with Crippen molar-refractivity contribution < 1.29 is 9.59 Å². The van der Waals surface area contributed by atoms with Gasteiger partial charge >= 0.3 is 0 Å². The summed E-state index contributed by atoms with van der Waals surface area (Å²) in [6, 6.07) is 14.1. The predicted molar refractivity (Wildman–Crippen MR) is 104 cm³/mol. The molecule has 0 spiro atoms. The van der Waals surface area contributed by atoms with E-state index >= 15 is 0 Å². The fraction of sp³-hybridized carbons (Fsp3) is 0.364. The molecular formula is C22H26N2O2. The highest BCUT2D eigenvalue weighted by Crippen LogP contribution is 2.34. The maximum absolute atomic E-state index is 12.7. The van der Waals surface area contributed by atoms with Crippen LogP contribution in [-0.4, -0.2) is 23.3 Å². The number of hydrogen-bond donors (Lipinski definition) is 1. The van der Waals surface area contributed by atoms with Crippen LogP contribution < -0.4 is 5.32 Å². The molecule has 3 rings (SSSR count). The molecule has 0 bridgehead atoms. The summed E-state index contributed by atoms with van der Waals surface area (Å²) < 4.78 is 0. The maximum atomic E-state index is 12.7.